The first kappa shape index (κ1) is 16.2. The normalized spacial score (nSPS) is 15.1. The molecular formula is C15H26N2OS. The van der Waals surface area contributed by atoms with Crippen molar-refractivity contribution in [3.05, 3.63) is 10.6 Å². The van der Waals surface area contributed by atoms with Crippen molar-refractivity contribution in [2.24, 2.45) is 5.41 Å². The third-order valence-corrected chi connectivity index (χ3v) is 5.08. The predicted octanol–water partition coefficient (Wildman–Crippen LogP) is 4.34. The van der Waals surface area contributed by atoms with E-state index in [0.717, 1.165) is 28.4 Å². The number of nitrogens with zero attached hydrogens (tertiary/aromatic N) is 2. The van der Waals surface area contributed by atoms with Crippen LogP contribution in [-0.2, 0) is 0 Å². The zero-order chi connectivity index (χ0) is 14.8. The van der Waals surface area contributed by atoms with Crippen LogP contribution in [0.5, 0.6) is 0 Å². The quantitative estimate of drug-likeness (QED) is 0.753. The van der Waals surface area contributed by atoms with Crippen LogP contribution in [0.2, 0.25) is 0 Å². The summed E-state index contributed by atoms with van der Waals surface area (Å²) >= 11 is 1.50. The Balaban J connectivity index is 3.09. The van der Waals surface area contributed by atoms with Gasteiger partial charge in [-0.1, -0.05) is 46.0 Å². The van der Waals surface area contributed by atoms with Crippen LogP contribution in [0, 0.1) is 5.41 Å². The molecule has 1 aromatic rings. The molecule has 2 unspecified atom stereocenters. The van der Waals surface area contributed by atoms with E-state index >= 15 is 0 Å². The fourth-order valence-corrected chi connectivity index (χ4v) is 2.90. The molecule has 2 atom stereocenters. The number of hydrogen-bond donors (Lipinski definition) is 0. The number of thiazole rings is 1. The van der Waals surface area contributed by atoms with Crippen LogP contribution < -0.4 is 4.90 Å². The van der Waals surface area contributed by atoms with E-state index in [9.17, 15) is 4.79 Å². The van der Waals surface area contributed by atoms with E-state index in [1.165, 1.54) is 11.3 Å². The minimum Gasteiger partial charge on any atom is -0.348 e. The van der Waals surface area contributed by atoms with Crippen LogP contribution in [0.25, 0.3) is 0 Å². The molecule has 0 aromatic carbocycles. The summed E-state index contributed by atoms with van der Waals surface area (Å²) < 4.78 is 0. The highest BCUT2D eigenvalue weighted by Crippen LogP contribution is 2.34. The zero-order valence-electron chi connectivity index (χ0n) is 13.2. The average Bonchev–Trinajstić information content (AvgIpc) is 2.78. The molecule has 1 heterocycles. The Hall–Kier alpha value is -0.900. The van der Waals surface area contributed by atoms with Crippen LogP contribution in [0.3, 0.4) is 0 Å². The Bertz CT molecular complexity index is 434. The van der Waals surface area contributed by atoms with Gasteiger partial charge in [0, 0.05) is 13.1 Å². The molecule has 0 spiro atoms. The number of hydrogen-bond acceptors (Lipinski definition) is 4. The van der Waals surface area contributed by atoms with Crippen molar-refractivity contribution in [1.82, 2.24) is 4.98 Å². The maximum Gasteiger partial charge on any atom is 0.186 e. The minimum atomic E-state index is 0.179. The van der Waals surface area contributed by atoms with Crippen LogP contribution in [-0.4, -0.2) is 24.4 Å². The van der Waals surface area contributed by atoms with Crippen molar-refractivity contribution in [2.75, 3.05) is 11.9 Å². The van der Waals surface area contributed by atoms with Gasteiger partial charge in [-0.05, 0) is 24.7 Å². The molecule has 1 rings (SSSR count). The second kappa shape index (κ2) is 6.04. The highest BCUT2D eigenvalue weighted by atomic mass is 32.1. The number of anilines is 1. The van der Waals surface area contributed by atoms with Crippen LogP contribution >= 0.6 is 11.3 Å². The topological polar surface area (TPSA) is 33.2 Å². The van der Waals surface area contributed by atoms with E-state index < -0.39 is 0 Å². The van der Waals surface area contributed by atoms with Gasteiger partial charge >= 0.3 is 0 Å². The summed E-state index contributed by atoms with van der Waals surface area (Å²) in [5, 5.41) is 0.944. The summed E-state index contributed by atoms with van der Waals surface area (Å²) in [5.41, 5.74) is 1.13. The Kier molecular flexibility index (Phi) is 5.13. The van der Waals surface area contributed by atoms with Crippen molar-refractivity contribution < 1.29 is 4.79 Å². The van der Waals surface area contributed by atoms with Gasteiger partial charge in [0.15, 0.2) is 11.4 Å². The molecule has 0 N–H and O–H groups in total. The predicted molar refractivity (Wildman–Crippen MR) is 83.5 cm³/mol. The van der Waals surface area contributed by atoms with E-state index in [2.05, 4.69) is 53.5 Å². The van der Waals surface area contributed by atoms with Gasteiger partial charge in [0.2, 0.25) is 0 Å². The van der Waals surface area contributed by atoms with Crippen LogP contribution in [0.1, 0.15) is 69.2 Å². The molecule has 0 bridgehead atoms. The molecule has 108 valence electrons. The van der Waals surface area contributed by atoms with Crippen molar-refractivity contribution >= 4 is 22.8 Å². The maximum atomic E-state index is 11.2. The second-order valence-corrected chi connectivity index (χ2v) is 7.34. The average molecular weight is 282 g/mol. The highest BCUT2D eigenvalue weighted by molar-refractivity contribution is 7.17. The van der Waals surface area contributed by atoms with Gasteiger partial charge < -0.3 is 4.90 Å². The second-order valence-electron chi connectivity index (χ2n) is 6.33. The molecule has 1 aromatic heterocycles. The molecule has 0 saturated heterocycles. The largest absolute Gasteiger partial charge is 0.348 e. The Morgan fingerprint density at radius 2 is 1.95 bits per heavy atom. The van der Waals surface area contributed by atoms with Crippen LogP contribution in [0.4, 0.5) is 5.13 Å². The Morgan fingerprint density at radius 1 is 1.37 bits per heavy atom. The van der Waals surface area contributed by atoms with Gasteiger partial charge in [-0.25, -0.2) is 4.98 Å². The number of aldehydes is 1. The molecule has 19 heavy (non-hydrogen) atoms. The lowest BCUT2D eigenvalue weighted by molar-refractivity contribution is 0.112. The molecular weight excluding hydrogens is 256 g/mol. The smallest absolute Gasteiger partial charge is 0.186 e. The summed E-state index contributed by atoms with van der Waals surface area (Å²) in [7, 11) is 2.06. The number of aromatic nitrogens is 1. The van der Waals surface area contributed by atoms with Crippen molar-refractivity contribution in [3.63, 3.8) is 0 Å². The van der Waals surface area contributed by atoms with Crippen molar-refractivity contribution in [2.45, 2.75) is 59.9 Å². The lowest BCUT2D eigenvalue weighted by Gasteiger charge is -2.35. The standard InChI is InChI=1S/C15H26N2OS/c1-8-10(2)13-12(9-18)19-14(16-13)17(7)11(3)15(4,5)6/h9-11H,8H2,1-7H3. The lowest BCUT2D eigenvalue weighted by atomic mass is 9.87. The first-order chi connectivity index (χ1) is 8.72. The van der Waals surface area contributed by atoms with E-state index in [4.69, 9.17) is 4.98 Å². The van der Waals surface area contributed by atoms with Gasteiger partial charge in [0.25, 0.3) is 0 Å². The van der Waals surface area contributed by atoms with E-state index in [0.29, 0.717) is 12.0 Å². The zero-order valence-corrected chi connectivity index (χ0v) is 14.0. The minimum absolute atomic E-state index is 0.179. The Labute approximate surface area is 121 Å². The summed E-state index contributed by atoms with van der Waals surface area (Å²) in [5.74, 6) is 0.337. The molecule has 0 aliphatic rings. The number of rotatable bonds is 5. The Morgan fingerprint density at radius 3 is 2.37 bits per heavy atom. The third-order valence-electron chi connectivity index (χ3n) is 3.99. The molecule has 3 nitrogen and oxygen atoms in total. The van der Waals surface area contributed by atoms with Crippen LogP contribution in [0.15, 0.2) is 0 Å². The van der Waals surface area contributed by atoms with E-state index in [1.807, 2.05) is 0 Å². The fraction of sp³-hybridized carbons (Fsp3) is 0.733. The summed E-state index contributed by atoms with van der Waals surface area (Å²) in [4.78, 5) is 18.9. The summed E-state index contributed by atoms with van der Waals surface area (Å²) in [6.07, 6.45) is 1.95. The molecule has 0 saturated carbocycles. The first-order valence-electron chi connectivity index (χ1n) is 6.91. The van der Waals surface area contributed by atoms with E-state index in [-0.39, 0.29) is 5.41 Å². The van der Waals surface area contributed by atoms with Crippen molar-refractivity contribution in [1.29, 1.82) is 0 Å². The van der Waals surface area contributed by atoms with Crippen molar-refractivity contribution in [3.8, 4) is 0 Å². The fourth-order valence-electron chi connectivity index (χ4n) is 1.86. The lowest BCUT2D eigenvalue weighted by Crippen LogP contribution is -2.39. The van der Waals surface area contributed by atoms with Gasteiger partial charge in [0.05, 0.1) is 10.6 Å². The maximum absolute atomic E-state index is 11.2. The first-order valence-corrected chi connectivity index (χ1v) is 7.72. The molecule has 4 heteroatoms. The molecule has 0 aliphatic heterocycles. The monoisotopic (exact) mass is 282 g/mol. The molecule has 0 aliphatic carbocycles. The number of carbonyl (C=O) groups excluding carboxylic acids is 1. The molecule has 0 fully saturated rings. The SMILES string of the molecule is CCC(C)c1nc(N(C)C(C)C(C)(C)C)sc1C=O. The van der Waals surface area contributed by atoms with Gasteiger partial charge in [-0.2, -0.15) is 0 Å². The van der Waals surface area contributed by atoms with E-state index in [1.54, 1.807) is 0 Å². The highest BCUT2D eigenvalue weighted by Gasteiger charge is 2.27. The van der Waals surface area contributed by atoms with Gasteiger partial charge in [-0.15, -0.1) is 0 Å². The summed E-state index contributed by atoms with van der Waals surface area (Å²) in [6.45, 7) is 13.1. The van der Waals surface area contributed by atoms with Gasteiger partial charge in [-0.3, -0.25) is 4.79 Å². The third kappa shape index (κ3) is 3.56. The molecule has 0 amide bonds. The summed E-state index contributed by atoms with van der Waals surface area (Å²) in [6, 6.07) is 0.364. The van der Waals surface area contributed by atoms with Gasteiger partial charge in [0.1, 0.15) is 0 Å². The number of carbonyl (C=O) groups is 1. The molecule has 0 radical (unpaired) electrons.